The lowest BCUT2D eigenvalue weighted by Gasteiger charge is -2.17. The normalized spacial score (nSPS) is 12.1. The molecule has 1 aromatic carbocycles. The molecule has 0 spiro atoms. The van der Waals surface area contributed by atoms with Crippen molar-refractivity contribution < 1.29 is 9.53 Å². The van der Waals surface area contributed by atoms with Crippen LogP contribution in [0.1, 0.15) is 12.5 Å². The number of rotatable bonds is 6. The molecule has 0 saturated carbocycles. The SMILES string of the molecule is COCCNC(=O)C(C)Nc1cc(Cl)c(C)cc1Br. The highest BCUT2D eigenvalue weighted by Crippen LogP contribution is 2.29. The van der Waals surface area contributed by atoms with E-state index in [1.165, 1.54) is 0 Å². The van der Waals surface area contributed by atoms with Crippen LogP contribution in [0.2, 0.25) is 5.02 Å². The van der Waals surface area contributed by atoms with Gasteiger partial charge in [-0.1, -0.05) is 11.6 Å². The first-order valence-electron chi connectivity index (χ1n) is 5.94. The van der Waals surface area contributed by atoms with Crippen molar-refractivity contribution in [3.63, 3.8) is 0 Å². The number of methoxy groups -OCH3 is 1. The number of carbonyl (C=O) groups excluding carboxylic acids is 1. The lowest BCUT2D eigenvalue weighted by molar-refractivity contribution is -0.121. The molecule has 19 heavy (non-hydrogen) atoms. The molecule has 1 rings (SSSR count). The number of nitrogens with one attached hydrogen (secondary N) is 2. The summed E-state index contributed by atoms with van der Waals surface area (Å²) in [6.45, 7) is 4.72. The molecule has 0 fully saturated rings. The van der Waals surface area contributed by atoms with Crippen molar-refractivity contribution in [3.05, 3.63) is 27.2 Å². The van der Waals surface area contributed by atoms with Gasteiger partial charge in [0.25, 0.3) is 0 Å². The summed E-state index contributed by atoms with van der Waals surface area (Å²) >= 11 is 9.52. The van der Waals surface area contributed by atoms with E-state index in [9.17, 15) is 4.79 Å². The van der Waals surface area contributed by atoms with Crippen LogP contribution in [0.4, 0.5) is 5.69 Å². The van der Waals surface area contributed by atoms with Crippen molar-refractivity contribution in [1.82, 2.24) is 5.32 Å². The van der Waals surface area contributed by atoms with Crippen LogP contribution in [-0.2, 0) is 9.53 Å². The summed E-state index contributed by atoms with van der Waals surface area (Å²) in [5, 5.41) is 6.56. The zero-order valence-corrected chi connectivity index (χ0v) is 13.6. The summed E-state index contributed by atoms with van der Waals surface area (Å²) < 4.78 is 5.76. The molecule has 2 N–H and O–H groups in total. The van der Waals surface area contributed by atoms with E-state index >= 15 is 0 Å². The summed E-state index contributed by atoms with van der Waals surface area (Å²) in [6, 6.07) is 3.37. The molecule has 0 aliphatic rings. The van der Waals surface area contributed by atoms with Gasteiger partial charge in [0.15, 0.2) is 0 Å². The second kappa shape index (κ2) is 7.72. The molecule has 1 amide bonds. The van der Waals surface area contributed by atoms with E-state index in [1.54, 1.807) is 20.1 Å². The van der Waals surface area contributed by atoms with Crippen molar-refractivity contribution in [2.24, 2.45) is 0 Å². The first kappa shape index (κ1) is 16.3. The molecular formula is C13H18BrClN2O2. The Bertz CT molecular complexity index is 455. The molecular weight excluding hydrogens is 332 g/mol. The van der Waals surface area contributed by atoms with Gasteiger partial charge < -0.3 is 15.4 Å². The average Bonchev–Trinajstić information content (AvgIpc) is 2.36. The van der Waals surface area contributed by atoms with Crippen LogP contribution < -0.4 is 10.6 Å². The number of anilines is 1. The van der Waals surface area contributed by atoms with Gasteiger partial charge >= 0.3 is 0 Å². The molecule has 0 aliphatic heterocycles. The third-order valence-corrected chi connectivity index (χ3v) is 3.68. The van der Waals surface area contributed by atoms with Gasteiger partial charge in [0.2, 0.25) is 5.91 Å². The molecule has 106 valence electrons. The Labute approximate surface area is 127 Å². The van der Waals surface area contributed by atoms with Gasteiger partial charge in [-0.3, -0.25) is 4.79 Å². The highest BCUT2D eigenvalue weighted by Gasteiger charge is 2.14. The zero-order valence-electron chi connectivity index (χ0n) is 11.2. The minimum atomic E-state index is -0.355. The molecule has 0 heterocycles. The van der Waals surface area contributed by atoms with Crippen LogP contribution in [0, 0.1) is 6.92 Å². The van der Waals surface area contributed by atoms with Gasteiger partial charge in [0.05, 0.1) is 12.3 Å². The quantitative estimate of drug-likeness (QED) is 0.776. The van der Waals surface area contributed by atoms with Gasteiger partial charge in [0.1, 0.15) is 6.04 Å². The lowest BCUT2D eigenvalue weighted by Crippen LogP contribution is -2.39. The zero-order chi connectivity index (χ0) is 14.4. The molecule has 1 unspecified atom stereocenters. The molecule has 0 bridgehead atoms. The van der Waals surface area contributed by atoms with Crippen LogP contribution in [0.5, 0.6) is 0 Å². The first-order valence-corrected chi connectivity index (χ1v) is 7.11. The molecule has 1 aromatic rings. The van der Waals surface area contributed by atoms with Crippen molar-refractivity contribution >= 4 is 39.1 Å². The fourth-order valence-electron chi connectivity index (χ4n) is 1.49. The topological polar surface area (TPSA) is 50.4 Å². The van der Waals surface area contributed by atoms with E-state index in [4.69, 9.17) is 16.3 Å². The average molecular weight is 350 g/mol. The standard InChI is InChI=1S/C13H18BrClN2O2/c1-8-6-10(14)12(7-11(8)15)17-9(2)13(18)16-4-5-19-3/h6-7,9,17H,4-5H2,1-3H3,(H,16,18). The number of amides is 1. The fourth-order valence-corrected chi connectivity index (χ4v) is 2.22. The largest absolute Gasteiger partial charge is 0.383 e. The van der Waals surface area contributed by atoms with E-state index in [0.29, 0.717) is 18.2 Å². The molecule has 0 radical (unpaired) electrons. The number of ether oxygens (including phenoxy) is 1. The maximum Gasteiger partial charge on any atom is 0.242 e. The summed E-state index contributed by atoms with van der Waals surface area (Å²) in [6.07, 6.45) is 0. The van der Waals surface area contributed by atoms with Gasteiger partial charge in [-0.25, -0.2) is 0 Å². The Morgan fingerprint density at radius 3 is 2.84 bits per heavy atom. The third kappa shape index (κ3) is 5.01. The van der Waals surface area contributed by atoms with Gasteiger partial charge in [-0.2, -0.15) is 0 Å². The van der Waals surface area contributed by atoms with Gasteiger partial charge in [-0.15, -0.1) is 0 Å². The van der Waals surface area contributed by atoms with Crippen LogP contribution in [0.3, 0.4) is 0 Å². The lowest BCUT2D eigenvalue weighted by atomic mass is 10.2. The highest BCUT2D eigenvalue weighted by molar-refractivity contribution is 9.10. The smallest absolute Gasteiger partial charge is 0.242 e. The van der Waals surface area contributed by atoms with E-state index in [0.717, 1.165) is 15.7 Å². The maximum atomic E-state index is 11.8. The van der Waals surface area contributed by atoms with Crippen LogP contribution in [0.15, 0.2) is 16.6 Å². The Kier molecular flexibility index (Phi) is 6.62. The van der Waals surface area contributed by atoms with Crippen molar-refractivity contribution in [3.8, 4) is 0 Å². The molecule has 4 nitrogen and oxygen atoms in total. The Morgan fingerprint density at radius 2 is 2.21 bits per heavy atom. The second-order valence-corrected chi connectivity index (χ2v) is 5.49. The number of hydrogen-bond acceptors (Lipinski definition) is 3. The molecule has 0 aromatic heterocycles. The number of carbonyl (C=O) groups is 1. The summed E-state index contributed by atoms with van der Waals surface area (Å²) in [7, 11) is 1.60. The molecule has 0 aliphatic carbocycles. The molecule has 0 saturated heterocycles. The van der Waals surface area contributed by atoms with E-state index < -0.39 is 0 Å². The molecule has 1 atom stereocenters. The Hall–Kier alpha value is -0.780. The van der Waals surface area contributed by atoms with Gasteiger partial charge in [-0.05, 0) is 47.5 Å². The number of aryl methyl sites for hydroxylation is 1. The summed E-state index contributed by atoms with van der Waals surface area (Å²) in [4.78, 5) is 11.8. The summed E-state index contributed by atoms with van der Waals surface area (Å²) in [5.74, 6) is -0.0827. The van der Waals surface area contributed by atoms with Crippen molar-refractivity contribution in [2.75, 3.05) is 25.6 Å². The van der Waals surface area contributed by atoms with Crippen LogP contribution in [0.25, 0.3) is 0 Å². The second-order valence-electron chi connectivity index (χ2n) is 4.23. The third-order valence-electron chi connectivity index (χ3n) is 2.62. The highest BCUT2D eigenvalue weighted by atomic mass is 79.9. The van der Waals surface area contributed by atoms with E-state index in [2.05, 4.69) is 26.6 Å². The predicted molar refractivity (Wildman–Crippen MR) is 81.9 cm³/mol. The maximum absolute atomic E-state index is 11.8. The number of halogens is 2. The van der Waals surface area contributed by atoms with Crippen LogP contribution in [-0.4, -0.2) is 32.2 Å². The Balaban J connectivity index is 2.63. The minimum absolute atomic E-state index is 0.0827. The number of hydrogen-bond donors (Lipinski definition) is 2. The number of benzene rings is 1. The van der Waals surface area contributed by atoms with Crippen molar-refractivity contribution in [1.29, 1.82) is 0 Å². The fraction of sp³-hybridized carbons (Fsp3) is 0.462. The first-order chi connectivity index (χ1) is 8.95. The van der Waals surface area contributed by atoms with Crippen LogP contribution >= 0.6 is 27.5 Å². The predicted octanol–water partition coefficient (Wildman–Crippen LogP) is 2.97. The molecule has 6 heteroatoms. The van der Waals surface area contributed by atoms with Crippen molar-refractivity contribution in [2.45, 2.75) is 19.9 Å². The van der Waals surface area contributed by atoms with E-state index in [-0.39, 0.29) is 11.9 Å². The monoisotopic (exact) mass is 348 g/mol. The van der Waals surface area contributed by atoms with E-state index in [1.807, 2.05) is 13.0 Å². The Morgan fingerprint density at radius 1 is 1.53 bits per heavy atom. The minimum Gasteiger partial charge on any atom is -0.383 e. The summed E-state index contributed by atoms with van der Waals surface area (Å²) in [5.41, 5.74) is 1.78. The van der Waals surface area contributed by atoms with Gasteiger partial charge in [0, 0.05) is 23.1 Å².